The second-order valence-corrected chi connectivity index (χ2v) is 3.49. The van der Waals surface area contributed by atoms with Crippen molar-refractivity contribution in [2.45, 2.75) is 13.5 Å². The molecule has 0 spiro atoms. The first kappa shape index (κ1) is 7.72. The summed E-state index contributed by atoms with van der Waals surface area (Å²) in [5.74, 6) is 0.485. The largest absolute Gasteiger partial charge is 0.294 e. The van der Waals surface area contributed by atoms with E-state index in [1.807, 2.05) is 6.92 Å². The zero-order valence-corrected chi connectivity index (χ0v) is 8.00. The molecular formula is C6H7BrN4O. The summed E-state index contributed by atoms with van der Waals surface area (Å²) in [6.45, 7) is 2.45. The number of hydrogen-bond donors (Lipinski definition) is 1. The number of anilines is 1. The molecule has 1 unspecified atom stereocenters. The topological polar surface area (TPSA) is 59.8 Å². The second kappa shape index (κ2) is 2.55. The molecule has 0 saturated heterocycles. The van der Waals surface area contributed by atoms with E-state index in [9.17, 15) is 4.79 Å². The maximum atomic E-state index is 11.2. The number of halogens is 1. The number of hydrogen-bond acceptors (Lipinski definition) is 3. The van der Waals surface area contributed by atoms with Crippen LogP contribution in [-0.2, 0) is 11.3 Å². The molecule has 12 heavy (non-hydrogen) atoms. The second-order valence-electron chi connectivity index (χ2n) is 2.78. The van der Waals surface area contributed by atoms with Crippen LogP contribution >= 0.6 is 15.9 Å². The average molecular weight is 231 g/mol. The third-order valence-corrected chi connectivity index (χ3v) is 2.11. The van der Waals surface area contributed by atoms with E-state index in [0.29, 0.717) is 17.2 Å². The molecule has 1 N–H and O–H groups in total. The molecule has 1 atom stereocenters. The first-order valence-electron chi connectivity index (χ1n) is 3.58. The van der Waals surface area contributed by atoms with Gasteiger partial charge in [-0.05, 0) is 15.9 Å². The van der Waals surface area contributed by atoms with Crippen LogP contribution in [0.4, 0.5) is 5.95 Å². The molecule has 2 heterocycles. The van der Waals surface area contributed by atoms with Gasteiger partial charge in [0.2, 0.25) is 16.6 Å². The Labute approximate surface area is 77.3 Å². The van der Waals surface area contributed by atoms with Crippen LogP contribution in [0.25, 0.3) is 0 Å². The van der Waals surface area contributed by atoms with Crippen LogP contribution in [0.2, 0.25) is 0 Å². The molecule has 64 valence electrons. The van der Waals surface area contributed by atoms with Gasteiger partial charge in [0.15, 0.2) is 0 Å². The van der Waals surface area contributed by atoms with Crippen molar-refractivity contribution in [3.8, 4) is 0 Å². The van der Waals surface area contributed by atoms with Crippen molar-refractivity contribution in [1.82, 2.24) is 14.8 Å². The van der Waals surface area contributed by atoms with Gasteiger partial charge in [0, 0.05) is 0 Å². The molecule has 2 rings (SSSR count). The average Bonchev–Trinajstić information content (AvgIpc) is 2.30. The number of nitrogens with one attached hydrogen (secondary N) is 1. The van der Waals surface area contributed by atoms with Crippen LogP contribution in [0.1, 0.15) is 6.92 Å². The van der Waals surface area contributed by atoms with Crippen LogP contribution < -0.4 is 5.32 Å². The van der Waals surface area contributed by atoms with E-state index in [0.717, 1.165) is 0 Å². The third-order valence-electron chi connectivity index (χ3n) is 1.78. The molecule has 0 saturated carbocycles. The van der Waals surface area contributed by atoms with Gasteiger partial charge in [-0.3, -0.25) is 10.1 Å². The Bertz CT molecular complexity index is 334. The fourth-order valence-corrected chi connectivity index (χ4v) is 1.47. The van der Waals surface area contributed by atoms with Gasteiger partial charge >= 0.3 is 0 Å². The Morgan fingerprint density at radius 1 is 1.75 bits per heavy atom. The van der Waals surface area contributed by atoms with Crippen LogP contribution in [-0.4, -0.2) is 20.7 Å². The minimum absolute atomic E-state index is 0.00222. The molecule has 0 aromatic carbocycles. The molecule has 0 bridgehead atoms. The Morgan fingerprint density at radius 3 is 3.25 bits per heavy atom. The molecule has 0 aliphatic carbocycles. The lowest BCUT2D eigenvalue weighted by molar-refractivity contribution is -0.120. The lowest BCUT2D eigenvalue weighted by atomic mass is 10.1. The van der Waals surface area contributed by atoms with Gasteiger partial charge in [-0.25, -0.2) is 4.68 Å². The standard InChI is InChI=1S/C6H7BrN4O/c1-3-2-11-6(8-4(3)12)9-5(7)10-11/h3H,2H2,1H3,(H,8,9,10,12). The molecule has 1 aromatic heterocycles. The predicted molar refractivity (Wildman–Crippen MR) is 45.5 cm³/mol. The van der Waals surface area contributed by atoms with Gasteiger partial charge in [-0.2, -0.15) is 4.98 Å². The van der Waals surface area contributed by atoms with Gasteiger partial charge < -0.3 is 0 Å². The minimum atomic E-state index is -0.0360. The Morgan fingerprint density at radius 2 is 2.50 bits per heavy atom. The summed E-state index contributed by atoms with van der Waals surface area (Å²) in [5.41, 5.74) is 0. The maximum absolute atomic E-state index is 11.2. The summed E-state index contributed by atoms with van der Waals surface area (Å²) in [6, 6.07) is 0. The van der Waals surface area contributed by atoms with Crippen LogP contribution in [0.3, 0.4) is 0 Å². The van der Waals surface area contributed by atoms with Gasteiger partial charge in [0.05, 0.1) is 12.5 Å². The number of carbonyl (C=O) groups is 1. The molecule has 6 heteroatoms. The lowest BCUT2D eigenvalue weighted by Crippen LogP contribution is -2.31. The Hall–Kier alpha value is -0.910. The zero-order chi connectivity index (χ0) is 8.72. The molecule has 0 fully saturated rings. The molecule has 1 amide bonds. The van der Waals surface area contributed by atoms with Gasteiger partial charge in [-0.1, -0.05) is 6.92 Å². The normalized spacial score (nSPS) is 21.8. The summed E-state index contributed by atoms with van der Waals surface area (Å²) < 4.78 is 2.18. The highest BCUT2D eigenvalue weighted by atomic mass is 79.9. The van der Waals surface area contributed by atoms with Crippen molar-refractivity contribution >= 4 is 27.8 Å². The van der Waals surface area contributed by atoms with Crippen molar-refractivity contribution in [2.24, 2.45) is 5.92 Å². The van der Waals surface area contributed by atoms with E-state index in [4.69, 9.17) is 0 Å². The van der Waals surface area contributed by atoms with E-state index in [1.54, 1.807) is 4.68 Å². The molecule has 5 nitrogen and oxygen atoms in total. The van der Waals surface area contributed by atoms with Crippen molar-refractivity contribution in [1.29, 1.82) is 0 Å². The van der Waals surface area contributed by atoms with E-state index in [2.05, 4.69) is 31.3 Å². The molecule has 1 aliphatic heterocycles. The Kier molecular flexibility index (Phi) is 1.64. The summed E-state index contributed by atoms with van der Waals surface area (Å²) in [5, 5.41) is 6.69. The quantitative estimate of drug-likeness (QED) is 0.712. The summed E-state index contributed by atoms with van der Waals surface area (Å²) in [6.07, 6.45) is 0. The predicted octanol–water partition coefficient (Wildman–Crippen LogP) is 0.629. The SMILES string of the molecule is CC1Cn2nc(Br)nc2NC1=O. The number of fused-ring (bicyclic) bond motifs is 1. The molecular weight excluding hydrogens is 224 g/mol. The van der Waals surface area contributed by atoms with E-state index >= 15 is 0 Å². The van der Waals surface area contributed by atoms with E-state index in [1.165, 1.54) is 0 Å². The highest BCUT2D eigenvalue weighted by molar-refractivity contribution is 9.10. The highest BCUT2D eigenvalue weighted by Gasteiger charge is 2.24. The smallest absolute Gasteiger partial charge is 0.231 e. The van der Waals surface area contributed by atoms with Gasteiger partial charge in [0.1, 0.15) is 0 Å². The fraction of sp³-hybridized carbons (Fsp3) is 0.500. The number of nitrogens with zero attached hydrogens (tertiary/aromatic N) is 3. The van der Waals surface area contributed by atoms with Gasteiger partial charge in [0.25, 0.3) is 0 Å². The third kappa shape index (κ3) is 1.12. The van der Waals surface area contributed by atoms with Crippen molar-refractivity contribution in [2.75, 3.05) is 5.32 Å². The van der Waals surface area contributed by atoms with Gasteiger partial charge in [-0.15, -0.1) is 5.10 Å². The summed E-state index contributed by atoms with van der Waals surface area (Å²) in [4.78, 5) is 15.1. The van der Waals surface area contributed by atoms with Crippen molar-refractivity contribution < 1.29 is 4.79 Å². The number of carbonyl (C=O) groups excluding carboxylic acids is 1. The zero-order valence-electron chi connectivity index (χ0n) is 6.41. The minimum Gasteiger partial charge on any atom is -0.294 e. The maximum Gasteiger partial charge on any atom is 0.231 e. The monoisotopic (exact) mass is 230 g/mol. The molecule has 1 aliphatic rings. The van der Waals surface area contributed by atoms with Crippen LogP contribution in [0, 0.1) is 5.92 Å². The first-order valence-corrected chi connectivity index (χ1v) is 4.37. The number of aromatic nitrogens is 3. The first-order chi connectivity index (χ1) is 5.66. The Balaban J connectivity index is 2.39. The molecule has 1 aromatic rings. The van der Waals surface area contributed by atoms with Crippen LogP contribution in [0.15, 0.2) is 4.73 Å². The van der Waals surface area contributed by atoms with Crippen molar-refractivity contribution in [3.05, 3.63) is 4.73 Å². The van der Waals surface area contributed by atoms with E-state index < -0.39 is 0 Å². The van der Waals surface area contributed by atoms with Crippen LogP contribution in [0.5, 0.6) is 0 Å². The summed E-state index contributed by atoms with van der Waals surface area (Å²) in [7, 11) is 0. The number of amides is 1. The summed E-state index contributed by atoms with van der Waals surface area (Å²) >= 11 is 3.14. The molecule has 0 radical (unpaired) electrons. The fourth-order valence-electron chi connectivity index (χ4n) is 1.11. The number of rotatable bonds is 0. The van der Waals surface area contributed by atoms with E-state index in [-0.39, 0.29) is 11.8 Å². The van der Waals surface area contributed by atoms with Crippen molar-refractivity contribution in [3.63, 3.8) is 0 Å². The highest BCUT2D eigenvalue weighted by Crippen LogP contribution is 2.17. The lowest BCUT2D eigenvalue weighted by Gasteiger charge is -2.17.